The summed E-state index contributed by atoms with van der Waals surface area (Å²) in [5.74, 6) is 2.27. The molecule has 5 nitrogen and oxygen atoms in total. The lowest BCUT2D eigenvalue weighted by Gasteiger charge is -2.40. The molecule has 1 aliphatic carbocycles. The van der Waals surface area contributed by atoms with E-state index < -0.39 is 0 Å². The number of hydrogen-bond acceptors (Lipinski definition) is 4. The van der Waals surface area contributed by atoms with Crippen LogP contribution < -0.4 is 0 Å². The van der Waals surface area contributed by atoms with Gasteiger partial charge in [0.15, 0.2) is 0 Å². The Morgan fingerprint density at radius 1 is 1.17 bits per heavy atom. The molecule has 4 heterocycles. The van der Waals surface area contributed by atoms with E-state index in [0.29, 0.717) is 11.9 Å². The Morgan fingerprint density at radius 2 is 2.00 bits per heavy atom. The summed E-state index contributed by atoms with van der Waals surface area (Å²) in [4.78, 5) is 17.5. The molecule has 126 valence electrons. The van der Waals surface area contributed by atoms with Gasteiger partial charge in [0.1, 0.15) is 5.76 Å². The van der Waals surface area contributed by atoms with Crippen molar-refractivity contribution in [1.29, 1.82) is 0 Å². The molecule has 2 bridgehead atoms. The second-order valence-electron chi connectivity index (χ2n) is 7.71. The van der Waals surface area contributed by atoms with Crippen molar-refractivity contribution in [2.45, 2.75) is 58.5 Å². The number of nitrogens with zero attached hydrogens (tertiary/aromatic N) is 3. The van der Waals surface area contributed by atoms with Gasteiger partial charge in [-0.15, -0.1) is 0 Å². The van der Waals surface area contributed by atoms with Crippen molar-refractivity contribution >= 4 is 5.91 Å². The molecular formula is C18H27N3O2. The fraction of sp³-hybridized carbons (Fsp3) is 0.778. The van der Waals surface area contributed by atoms with Crippen LogP contribution in [0.25, 0.3) is 0 Å². The highest BCUT2D eigenvalue weighted by Gasteiger charge is 2.41. The number of hydrogen-bond donors (Lipinski definition) is 0. The molecule has 3 aliphatic heterocycles. The highest BCUT2D eigenvalue weighted by atomic mass is 16.5. The maximum atomic E-state index is 12.8. The molecule has 1 aromatic rings. The number of fused-ring (bicyclic) bond motifs is 4. The predicted octanol–water partition coefficient (Wildman–Crippen LogP) is 2.51. The molecule has 4 aliphatic rings. The zero-order chi connectivity index (χ0) is 16.0. The molecule has 1 aromatic heterocycles. The molecule has 0 N–H and O–H groups in total. The predicted molar refractivity (Wildman–Crippen MR) is 86.8 cm³/mol. The standard InChI is InChI=1S/C18H27N3O2/c1-12-17(13(2)23-19-12)11-20-9-15-6-7-16(10-20)21(18(15)22)8-14-4-3-5-14/h14-16H,3-11H2,1-2H3/t15-,16+/m1/s1. The monoisotopic (exact) mass is 317 g/mol. The van der Waals surface area contributed by atoms with E-state index in [4.69, 9.17) is 4.52 Å². The van der Waals surface area contributed by atoms with Crippen molar-refractivity contribution in [3.8, 4) is 0 Å². The van der Waals surface area contributed by atoms with Crippen LogP contribution in [0.2, 0.25) is 0 Å². The van der Waals surface area contributed by atoms with Gasteiger partial charge in [-0.2, -0.15) is 0 Å². The first-order valence-corrected chi connectivity index (χ1v) is 9.06. The third-order valence-electron chi connectivity index (χ3n) is 6.11. The number of carbonyl (C=O) groups is 1. The molecule has 5 heteroatoms. The van der Waals surface area contributed by atoms with E-state index >= 15 is 0 Å². The van der Waals surface area contributed by atoms with Gasteiger partial charge in [-0.25, -0.2) is 0 Å². The van der Waals surface area contributed by atoms with Crippen LogP contribution in [0.1, 0.15) is 49.1 Å². The zero-order valence-corrected chi connectivity index (χ0v) is 14.3. The second-order valence-corrected chi connectivity index (χ2v) is 7.71. The minimum Gasteiger partial charge on any atom is -0.361 e. The van der Waals surface area contributed by atoms with Gasteiger partial charge in [0.05, 0.1) is 11.6 Å². The van der Waals surface area contributed by atoms with Crippen molar-refractivity contribution < 1.29 is 9.32 Å². The lowest BCUT2D eigenvalue weighted by molar-refractivity contribution is -0.141. The van der Waals surface area contributed by atoms with Crippen LogP contribution in [-0.4, -0.2) is 46.5 Å². The zero-order valence-electron chi connectivity index (χ0n) is 14.3. The summed E-state index contributed by atoms with van der Waals surface area (Å²) in [6.07, 6.45) is 6.19. The molecule has 2 atom stereocenters. The Morgan fingerprint density at radius 3 is 2.65 bits per heavy atom. The van der Waals surface area contributed by atoms with Crippen molar-refractivity contribution in [3.05, 3.63) is 17.0 Å². The Kier molecular flexibility index (Phi) is 3.92. The molecule has 0 aromatic carbocycles. The Labute approximate surface area is 138 Å². The average molecular weight is 317 g/mol. The summed E-state index contributed by atoms with van der Waals surface area (Å²) in [7, 11) is 0. The third-order valence-corrected chi connectivity index (χ3v) is 6.11. The largest absolute Gasteiger partial charge is 0.361 e. The SMILES string of the molecule is Cc1noc(C)c1CN1C[C@H]2CC[C@@H](C1)N(CC1CCC1)C2=O. The Balaban J connectivity index is 1.49. The minimum absolute atomic E-state index is 0.189. The van der Waals surface area contributed by atoms with Gasteiger partial charge in [0.25, 0.3) is 0 Å². The lowest BCUT2D eigenvalue weighted by atomic mass is 9.83. The topological polar surface area (TPSA) is 49.6 Å². The summed E-state index contributed by atoms with van der Waals surface area (Å²) in [6, 6.07) is 0.405. The Hall–Kier alpha value is -1.36. The van der Waals surface area contributed by atoms with E-state index in [9.17, 15) is 4.79 Å². The van der Waals surface area contributed by atoms with Gasteiger partial charge < -0.3 is 9.42 Å². The van der Waals surface area contributed by atoms with E-state index in [2.05, 4.69) is 15.0 Å². The quantitative estimate of drug-likeness (QED) is 0.856. The van der Waals surface area contributed by atoms with Crippen LogP contribution in [0.15, 0.2) is 4.52 Å². The van der Waals surface area contributed by atoms with Gasteiger partial charge in [-0.05, 0) is 45.4 Å². The molecule has 1 saturated carbocycles. The molecule has 4 fully saturated rings. The van der Waals surface area contributed by atoms with Gasteiger partial charge in [-0.3, -0.25) is 9.69 Å². The first kappa shape index (κ1) is 15.2. The highest BCUT2D eigenvalue weighted by Crippen LogP contribution is 2.34. The Bertz CT molecular complexity index is 574. The number of aryl methyl sites for hydroxylation is 2. The maximum Gasteiger partial charge on any atom is 0.227 e. The lowest BCUT2D eigenvalue weighted by Crippen LogP contribution is -2.50. The fourth-order valence-electron chi connectivity index (χ4n) is 4.40. The van der Waals surface area contributed by atoms with E-state index in [1.54, 1.807) is 0 Å². The average Bonchev–Trinajstić information content (AvgIpc) is 2.67. The maximum absolute atomic E-state index is 12.8. The molecule has 23 heavy (non-hydrogen) atoms. The van der Waals surface area contributed by atoms with Crippen molar-refractivity contribution in [3.63, 3.8) is 0 Å². The first-order chi connectivity index (χ1) is 11.1. The van der Waals surface area contributed by atoms with Crippen molar-refractivity contribution in [2.24, 2.45) is 11.8 Å². The summed E-state index contributed by atoms with van der Waals surface area (Å²) in [6.45, 7) is 7.74. The number of carbonyl (C=O) groups excluding carboxylic acids is 1. The second kappa shape index (κ2) is 5.93. The van der Waals surface area contributed by atoms with Gasteiger partial charge >= 0.3 is 0 Å². The number of rotatable bonds is 4. The smallest absolute Gasteiger partial charge is 0.227 e. The van der Waals surface area contributed by atoms with E-state index in [1.807, 2.05) is 13.8 Å². The summed E-state index contributed by atoms with van der Waals surface area (Å²) in [5, 5.41) is 4.07. The van der Waals surface area contributed by atoms with E-state index in [-0.39, 0.29) is 5.92 Å². The van der Waals surface area contributed by atoms with Crippen LogP contribution in [0.5, 0.6) is 0 Å². The normalized spacial score (nSPS) is 29.0. The molecule has 5 rings (SSSR count). The number of amides is 1. The molecule has 1 amide bonds. The van der Waals surface area contributed by atoms with Crippen molar-refractivity contribution in [1.82, 2.24) is 15.0 Å². The first-order valence-electron chi connectivity index (χ1n) is 9.06. The van der Waals surface area contributed by atoms with Gasteiger partial charge in [0.2, 0.25) is 5.91 Å². The summed E-state index contributed by atoms with van der Waals surface area (Å²) >= 11 is 0. The minimum atomic E-state index is 0.189. The number of piperidine rings is 1. The van der Waals surface area contributed by atoms with Crippen LogP contribution >= 0.6 is 0 Å². The molecule has 3 saturated heterocycles. The summed E-state index contributed by atoms with van der Waals surface area (Å²) in [5.41, 5.74) is 2.18. The molecule has 0 unspecified atom stereocenters. The van der Waals surface area contributed by atoms with E-state index in [1.165, 1.54) is 31.2 Å². The van der Waals surface area contributed by atoms with E-state index in [0.717, 1.165) is 50.0 Å². The van der Waals surface area contributed by atoms with Crippen LogP contribution in [0, 0.1) is 25.7 Å². The number of aromatic nitrogens is 1. The molecular weight excluding hydrogens is 290 g/mol. The highest BCUT2D eigenvalue weighted by molar-refractivity contribution is 5.80. The van der Waals surface area contributed by atoms with Crippen LogP contribution in [-0.2, 0) is 11.3 Å². The summed E-state index contributed by atoms with van der Waals surface area (Å²) < 4.78 is 5.30. The molecule has 0 radical (unpaired) electrons. The van der Waals surface area contributed by atoms with Crippen LogP contribution in [0.3, 0.4) is 0 Å². The van der Waals surface area contributed by atoms with Crippen molar-refractivity contribution in [2.75, 3.05) is 19.6 Å². The van der Waals surface area contributed by atoms with Crippen LogP contribution in [0.4, 0.5) is 0 Å². The third kappa shape index (κ3) is 2.80. The van der Waals surface area contributed by atoms with Gasteiger partial charge in [0, 0.05) is 37.8 Å². The molecule has 0 spiro atoms. The van der Waals surface area contributed by atoms with Gasteiger partial charge in [-0.1, -0.05) is 11.6 Å². The fourth-order valence-corrected chi connectivity index (χ4v) is 4.40.